The molecule has 4 nitrogen and oxygen atoms in total. The standard InChI is InChI=1S/C18H28N2O2/c1-17(2,3)14-8-6-7-9-15(14)19-10-12-20(13-11-19)16(21)18(4,5)22/h6-9,22H,10-13H2,1-5H3/p+1. The van der Waals surface area contributed by atoms with Gasteiger partial charge in [-0.2, -0.15) is 0 Å². The minimum absolute atomic E-state index is 0.0729. The monoisotopic (exact) mass is 305 g/mol. The van der Waals surface area contributed by atoms with Crippen molar-refractivity contribution in [3.05, 3.63) is 29.8 Å². The molecule has 1 saturated heterocycles. The highest BCUT2D eigenvalue weighted by Crippen LogP contribution is 2.32. The maximum atomic E-state index is 12.2. The van der Waals surface area contributed by atoms with Crippen LogP contribution >= 0.6 is 0 Å². The van der Waals surface area contributed by atoms with Crippen molar-refractivity contribution >= 4 is 11.6 Å². The summed E-state index contributed by atoms with van der Waals surface area (Å²) in [5, 5.41) is 7.90. The normalized spacial score (nSPS) is 16.8. The van der Waals surface area contributed by atoms with E-state index in [4.69, 9.17) is 5.11 Å². The van der Waals surface area contributed by atoms with Crippen molar-refractivity contribution in [2.75, 3.05) is 31.1 Å². The molecule has 0 aliphatic carbocycles. The number of hydrogen-bond donors (Lipinski definition) is 0. The van der Waals surface area contributed by atoms with E-state index in [-0.39, 0.29) is 11.3 Å². The maximum absolute atomic E-state index is 12.2. The molecule has 1 aliphatic heterocycles. The van der Waals surface area contributed by atoms with E-state index in [0.29, 0.717) is 13.1 Å². The molecule has 0 spiro atoms. The van der Waals surface area contributed by atoms with Gasteiger partial charge in [0.15, 0.2) is 0 Å². The van der Waals surface area contributed by atoms with Crippen molar-refractivity contribution in [1.29, 1.82) is 0 Å². The molecule has 1 fully saturated rings. The summed E-state index contributed by atoms with van der Waals surface area (Å²) < 4.78 is 0. The van der Waals surface area contributed by atoms with Gasteiger partial charge in [-0.25, -0.2) is 0 Å². The lowest BCUT2D eigenvalue weighted by molar-refractivity contribution is -0.148. The van der Waals surface area contributed by atoms with E-state index >= 15 is 0 Å². The molecule has 0 aromatic heterocycles. The highest BCUT2D eigenvalue weighted by Gasteiger charge is 2.36. The van der Waals surface area contributed by atoms with E-state index in [2.05, 4.69) is 49.9 Å². The first kappa shape index (κ1) is 16.8. The third kappa shape index (κ3) is 3.61. The lowest BCUT2D eigenvalue weighted by Gasteiger charge is -2.39. The topological polar surface area (TPSA) is 46.5 Å². The summed E-state index contributed by atoms with van der Waals surface area (Å²) in [5.74, 6) is -0.0729. The summed E-state index contributed by atoms with van der Waals surface area (Å²) in [5.41, 5.74) is 1.68. The number of amides is 1. The summed E-state index contributed by atoms with van der Waals surface area (Å²) in [7, 11) is 0. The number of para-hydroxylation sites is 1. The molecule has 122 valence electrons. The summed E-state index contributed by atoms with van der Waals surface area (Å²) in [6.07, 6.45) is 0. The van der Waals surface area contributed by atoms with Crippen LogP contribution in [0, 0.1) is 0 Å². The van der Waals surface area contributed by atoms with Crippen LogP contribution in [0.25, 0.3) is 0 Å². The highest BCUT2D eigenvalue weighted by atomic mass is 16.3. The molecule has 0 unspecified atom stereocenters. The van der Waals surface area contributed by atoms with E-state index in [9.17, 15) is 4.79 Å². The molecule has 0 atom stereocenters. The molecule has 1 aromatic carbocycles. The lowest BCUT2D eigenvalue weighted by Crippen LogP contribution is -2.54. The third-order valence-corrected chi connectivity index (χ3v) is 4.15. The van der Waals surface area contributed by atoms with Crippen LogP contribution in [-0.2, 0) is 10.2 Å². The fourth-order valence-corrected chi connectivity index (χ4v) is 2.93. The number of carbonyl (C=O) groups excluding carboxylic acids is 1. The minimum atomic E-state index is -1.04. The zero-order chi connectivity index (χ0) is 16.5. The number of piperazine rings is 1. The van der Waals surface area contributed by atoms with Crippen molar-refractivity contribution < 1.29 is 9.90 Å². The Morgan fingerprint density at radius 1 is 1.00 bits per heavy atom. The number of hydrogen-bond acceptors (Lipinski definition) is 2. The van der Waals surface area contributed by atoms with E-state index in [0.717, 1.165) is 13.1 Å². The van der Waals surface area contributed by atoms with Gasteiger partial charge in [-0.1, -0.05) is 39.0 Å². The molecule has 1 heterocycles. The molecule has 1 aliphatic rings. The number of rotatable bonds is 2. The van der Waals surface area contributed by atoms with Crippen molar-refractivity contribution in [2.24, 2.45) is 0 Å². The Morgan fingerprint density at radius 2 is 1.55 bits per heavy atom. The quantitative estimate of drug-likeness (QED) is 0.786. The number of nitrogens with zero attached hydrogens (tertiary/aromatic N) is 2. The minimum Gasteiger partial charge on any atom is -0.434 e. The van der Waals surface area contributed by atoms with Crippen LogP contribution in [0.4, 0.5) is 5.69 Å². The van der Waals surface area contributed by atoms with Crippen LogP contribution in [-0.4, -0.2) is 47.7 Å². The maximum Gasteiger partial charge on any atom is 0.304 e. The Labute approximate surface area is 133 Å². The average Bonchev–Trinajstić information content (AvgIpc) is 2.45. The molecule has 0 radical (unpaired) electrons. The van der Waals surface area contributed by atoms with Crippen LogP contribution in [0.1, 0.15) is 40.2 Å². The van der Waals surface area contributed by atoms with Gasteiger partial charge >= 0.3 is 5.91 Å². The predicted molar refractivity (Wildman–Crippen MR) is 91.6 cm³/mol. The number of anilines is 1. The van der Waals surface area contributed by atoms with Crippen molar-refractivity contribution in [2.45, 2.75) is 45.6 Å². The smallest absolute Gasteiger partial charge is 0.304 e. The Hall–Kier alpha value is -1.55. The van der Waals surface area contributed by atoms with Gasteiger partial charge in [-0.15, -0.1) is 0 Å². The molecular formula is C18H29N2O2+. The van der Waals surface area contributed by atoms with Crippen LogP contribution in [0.15, 0.2) is 24.3 Å². The molecule has 22 heavy (non-hydrogen) atoms. The van der Waals surface area contributed by atoms with Crippen LogP contribution < -0.4 is 4.90 Å². The fourth-order valence-electron chi connectivity index (χ4n) is 2.93. The van der Waals surface area contributed by atoms with Crippen LogP contribution in [0.2, 0.25) is 0 Å². The van der Waals surface area contributed by atoms with E-state index < -0.39 is 5.60 Å². The van der Waals surface area contributed by atoms with Gasteiger partial charge in [0.05, 0.1) is 0 Å². The summed E-state index contributed by atoms with van der Waals surface area (Å²) >= 11 is 0. The summed E-state index contributed by atoms with van der Waals surface area (Å²) in [6, 6.07) is 8.54. The van der Waals surface area contributed by atoms with Gasteiger partial charge in [-0.05, 0) is 17.0 Å². The number of benzene rings is 1. The van der Waals surface area contributed by atoms with Gasteiger partial charge in [0, 0.05) is 45.7 Å². The molecule has 4 heteroatoms. The van der Waals surface area contributed by atoms with Gasteiger partial charge < -0.3 is 14.9 Å². The van der Waals surface area contributed by atoms with Crippen molar-refractivity contribution in [1.82, 2.24) is 4.90 Å². The van der Waals surface area contributed by atoms with Crippen molar-refractivity contribution in [3.8, 4) is 0 Å². The highest BCUT2D eigenvalue weighted by molar-refractivity contribution is 5.84. The fraction of sp³-hybridized carbons (Fsp3) is 0.611. The first-order valence-electron chi connectivity index (χ1n) is 7.99. The molecule has 0 bridgehead atoms. The second-order valence-corrected chi connectivity index (χ2v) is 7.67. The molecule has 1 amide bonds. The molecule has 2 N–H and O–H groups in total. The van der Waals surface area contributed by atoms with Gasteiger partial charge in [0.1, 0.15) is 0 Å². The predicted octanol–water partition coefficient (Wildman–Crippen LogP) is 2.14. The first-order valence-corrected chi connectivity index (χ1v) is 7.99. The number of carbonyl (C=O) groups is 1. The third-order valence-electron chi connectivity index (χ3n) is 4.15. The zero-order valence-corrected chi connectivity index (χ0v) is 14.4. The van der Waals surface area contributed by atoms with Crippen LogP contribution in [0.5, 0.6) is 0 Å². The van der Waals surface area contributed by atoms with Crippen molar-refractivity contribution in [3.63, 3.8) is 0 Å². The van der Waals surface area contributed by atoms with E-state index in [1.54, 1.807) is 13.8 Å². The van der Waals surface area contributed by atoms with Gasteiger partial charge in [0.25, 0.3) is 0 Å². The Morgan fingerprint density at radius 3 is 2.05 bits per heavy atom. The van der Waals surface area contributed by atoms with Gasteiger partial charge in [0.2, 0.25) is 5.60 Å². The first-order chi connectivity index (χ1) is 10.1. The zero-order valence-electron chi connectivity index (χ0n) is 14.4. The summed E-state index contributed by atoms with van der Waals surface area (Å²) in [4.78, 5) is 16.4. The van der Waals surface area contributed by atoms with Gasteiger partial charge in [-0.3, -0.25) is 4.79 Å². The Bertz CT molecular complexity index is 533. The van der Waals surface area contributed by atoms with Crippen LogP contribution in [0.3, 0.4) is 0 Å². The second-order valence-electron chi connectivity index (χ2n) is 7.67. The molecular weight excluding hydrogens is 276 g/mol. The lowest BCUT2D eigenvalue weighted by atomic mass is 9.85. The average molecular weight is 305 g/mol. The van der Waals surface area contributed by atoms with E-state index in [1.165, 1.54) is 11.3 Å². The largest absolute Gasteiger partial charge is 0.434 e. The second kappa shape index (κ2) is 5.92. The SMILES string of the molecule is CC(C)([OH2+])C(=O)N1CCN(c2ccccc2C(C)(C)C)CC1. The molecule has 0 saturated carbocycles. The molecule has 2 rings (SSSR count). The molecule has 1 aromatic rings. The van der Waals surface area contributed by atoms with E-state index in [1.807, 2.05) is 4.90 Å². The summed E-state index contributed by atoms with van der Waals surface area (Å²) in [6.45, 7) is 13.1. The Kier molecular flexibility index (Phi) is 4.52. The Balaban J connectivity index is 2.12.